The van der Waals surface area contributed by atoms with E-state index in [1.807, 2.05) is 29.2 Å². The van der Waals surface area contributed by atoms with Gasteiger partial charge in [0.05, 0.1) is 17.3 Å². The molecule has 2 aromatic rings. The van der Waals surface area contributed by atoms with Crippen molar-refractivity contribution in [2.45, 2.75) is 52.0 Å². The maximum Gasteiger partial charge on any atom is 0.239 e. The van der Waals surface area contributed by atoms with Gasteiger partial charge in [0, 0.05) is 52.4 Å². The second-order valence-electron chi connectivity index (χ2n) is 11.0. The van der Waals surface area contributed by atoms with Gasteiger partial charge in [0.15, 0.2) is 0 Å². The first-order valence-corrected chi connectivity index (χ1v) is 17.3. The molecule has 1 aromatic heterocycles. The summed E-state index contributed by atoms with van der Waals surface area (Å²) in [6.07, 6.45) is 2.07. The fourth-order valence-corrected chi connectivity index (χ4v) is 8.70. The molecule has 7 nitrogen and oxygen atoms in total. The molecular weight excluding hydrogens is 452 g/mol. The number of nitrogens with zero attached hydrogens (tertiary/aromatic N) is 3. The minimum Gasteiger partial charge on any atom is -0.339 e. The van der Waals surface area contributed by atoms with Crippen LogP contribution in [0.15, 0.2) is 30.5 Å². The van der Waals surface area contributed by atoms with E-state index in [0.29, 0.717) is 17.9 Å². The number of benzene rings is 1. The van der Waals surface area contributed by atoms with Crippen LogP contribution in [-0.2, 0) is 21.2 Å². The number of rotatable bonds is 9. The summed E-state index contributed by atoms with van der Waals surface area (Å²) in [5.74, 6) is 0.776. The first-order chi connectivity index (χ1) is 15.4. The number of aromatic nitrogens is 1. The molecule has 1 aliphatic heterocycles. The SMILES string of the molecule is CC(C)CN1CCN(C(=O)C(N)Cc2ccc3c(ccn3S(=O)(=O)CC[Si](C)(C)C)c2)CC1. The number of hydrogen-bond acceptors (Lipinski definition) is 5. The van der Waals surface area contributed by atoms with Crippen LogP contribution in [0.25, 0.3) is 10.9 Å². The maximum atomic E-state index is 12.9. The monoisotopic (exact) mass is 492 g/mol. The lowest BCUT2D eigenvalue weighted by Gasteiger charge is -2.36. The van der Waals surface area contributed by atoms with E-state index in [9.17, 15) is 13.2 Å². The van der Waals surface area contributed by atoms with Gasteiger partial charge in [-0.2, -0.15) is 0 Å². The van der Waals surface area contributed by atoms with Crippen molar-refractivity contribution in [3.05, 3.63) is 36.0 Å². The van der Waals surface area contributed by atoms with E-state index in [1.54, 1.807) is 6.20 Å². The third kappa shape index (κ3) is 6.91. The van der Waals surface area contributed by atoms with E-state index in [1.165, 1.54) is 3.97 Å². The third-order valence-corrected chi connectivity index (χ3v) is 9.96. The molecule has 1 aromatic carbocycles. The summed E-state index contributed by atoms with van der Waals surface area (Å²) >= 11 is 0. The van der Waals surface area contributed by atoms with Crippen molar-refractivity contribution >= 4 is 34.9 Å². The molecule has 1 amide bonds. The Bertz CT molecular complexity index is 1070. The average Bonchev–Trinajstić information content (AvgIpc) is 3.16. The predicted octanol–water partition coefficient (Wildman–Crippen LogP) is 2.83. The van der Waals surface area contributed by atoms with Gasteiger partial charge in [0.1, 0.15) is 0 Å². The minimum atomic E-state index is -3.39. The van der Waals surface area contributed by atoms with Gasteiger partial charge in [0.25, 0.3) is 0 Å². The quantitative estimate of drug-likeness (QED) is 0.544. The van der Waals surface area contributed by atoms with E-state index in [4.69, 9.17) is 5.73 Å². The lowest BCUT2D eigenvalue weighted by Crippen LogP contribution is -2.54. The van der Waals surface area contributed by atoms with Crippen LogP contribution >= 0.6 is 0 Å². The highest BCUT2D eigenvalue weighted by Gasteiger charge is 2.26. The van der Waals surface area contributed by atoms with Crippen molar-refractivity contribution in [2.75, 3.05) is 38.5 Å². The molecule has 0 spiro atoms. The number of carbonyl (C=O) groups is 1. The Morgan fingerprint density at radius 3 is 2.36 bits per heavy atom. The summed E-state index contributed by atoms with van der Waals surface area (Å²) in [6, 6.07) is 7.64. The Morgan fingerprint density at radius 1 is 1.09 bits per heavy atom. The fraction of sp³-hybridized carbons (Fsp3) is 0.625. The highest BCUT2D eigenvalue weighted by molar-refractivity contribution is 7.90. The number of fused-ring (bicyclic) bond motifs is 1. The van der Waals surface area contributed by atoms with Gasteiger partial charge in [-0.05, 0) is 42.1 Å². The van der Waals surface area contributed by atoms with E-state index in [2.05, 4.69) is 38.4 Å². The number of amides is 1. The van der Waals surface area contributed by atoms with Crippen molar-refractivity contribution in [1.82, 2.24) is 13.8 Å². The van der Waals surface area contributed by atoms with Crippen molar-refractivity contribution in [1.29, 1.82) is 0 Å². The summed E-state index contributed by atoms with van der Waals surface area (Å²) in [6.45, 7) is 15.2. The predicted molar refractivity (Wildman–Crippen MR) is 139 cm³/mol. The van der Waals surface area contributed by atoms with Gasteiger partial charge in [-0.3, -0.25) is 9.69 Å². The maximum absolute atomic E-state index is 12.9. The number of hydrogen-bond donors (Lipinski definition) is 1. The lowest BCUT2D eigenvalue weighted by molar-refractivity contribution is -0.134. The normalized spacial score (nSPS) is 17.1. The fourth-order valence-electron chi connectivity index (χ4n) is 4.31. The topological polar surface area (TPSA) is 88.6 Å². The van der Waals surface area contributed by atoms with Gasteiger partial charge < -0.3 is 10.6 Å². The Morgan fingerprint density at radius 2 is 1.76 bits per heavy atom. The zero-order chi connectivity index (χ0) is 24.4. The average molecular weight is 493 g/mol. The van der Waals surface area contributed by atoms with Gasteiger partial charge >= 0.3 is 0 Å². The molecule has 0 saturated carbocycles. The standard InChI is InChI=1S/C24H40N4O3SSi/c1-19(2)18-26-10-12-27(13-11-26)24(29)22(25)17-20-6-7-23-21(16-20)8-9-28(23)32(30,31)14-15-33(3,4)5/h6-9,16,19,22H,10-15,17-18,25H2,1-5H3. The summed E-state index contributed by atoms with van der Waals surface area (Å²) in [7, 11) is -4.85. The molecule has 3 rings (SSSR count). The van der Waals surface area contributed by atoms with Crippen LogP contribution in [-0.4, -0.2) is 80.7 Å². The number of nitrogens with two attached hydrogens (primary N) is 1. The number of piperazine rings is 1. The molecule has 0 bridgehead atoms. The molecule has 184 valence electrons. The zero-order valence-corrected chi connectivity index (χ0v) is 22.6. The zero-order valence-electron chi connectivity index (χ0n) is 20.8. The Kier molecular flexibility index (Phi) is 8.09. The van der Waals surface area contributed by atoms with E-state index >= 15 is 0 Å². The van der Waals surface area contributed by atoms with Crippen LogP contribution in [0.3, 0.4) is 0 Å². The summed E-state index contributed by atoms with van der Waals surface area (Å²) in [5.41, 5.74) is 7.91. The van der Waals surface area contributed by atoms with Gasteiger partial charge in [-0.15, -0.1) is 0 Å². The largest absolute Gasteiger partial charge is 0.339 e. The molecular formula is C24H40N4O3SSi. The Hall–Kier alpha value is -1.68. The highest BCUT2D eigenvalue weighted by Crippen LogP contribution is 2.22. The van der Waals surface area contributed by atoms with Crippen LogP contribution in [0.5, 0.6) is 0 Å². The second-order valence-corrected chi connectivity index (χ2v) is 18.5. The molecule has 1 saturated heterocycles. The molecule has 9 heteroatoms. The van der Waals surface area contributed by atoms with Gasteiger partial charge in [0.2, 0.25) is 15.9 Å². The molecule has 1 unspecified atom stereocenters. The highest BCUT2D eigenvalue weighted by atomic mass is 32.2. The van der Waals surface area contributed by atoms with Crippen molar-refractivity contribution in [3.63, 3.8) is 0 Å². The third-order valence-electron chi connectivity index (χ3n) is 6.21. The first kappa shape index (κ1) is 25.9. The smallest absolute Gasteiger partial charge is 0.239 e. The summed E-state index contributed by atoms with van der Waals surface area (Å²) in [5, 5.41) is 0.853. The van der Waals surface area contributed by atoms with E-state index in [0.717, 1.165) is 49.7 Å². The minimum absolute atomic E-state index is 0.00853. The van der Waals surface area contributed by atoms with Crippen LogP contribution in [0.1, 0.15) is 19.4 Å². The van der Waals surface area contributed by atoms with Gasteiger partial charge in [-0.1, -0.05) is 39.6 Å². The van der Waals surface area contributed by atoms with Crippen LogP contribution in [0, 0.1) is 5.92 Å². The van der Waals surface area contributed by atoms with E-state index in [-0.39, 0.29) is 11.7 Å². The summed E-state index contributed by atoms with van der Waals surface area (Å²) < 4.78 is 27.1. The Balaban J connectivity index is 1.64. The molecule has 33 heavy (non-hydrogen) atoms. The molecule has 2 heterocycles. The number of carbonyl (C=O) groups excluding carboxylic acids is 1. The van der Waals surface area contributed by atoms with Crippen molar-refractivity contribution in [3.8, 4) is 0 Å². The van der Waals surface area contributed by atoms with Gasteiger partial charge in [-0.25, -0.2) is 12.4 Å². The molecule has 1 atom stereocenters. The molecule has 2 N–H and O–H groups in total. The molecule has 0 aliphatic carbocycles. The molecule has 1 aliphatic rings. The van der Waals surface area contributed by atoms with Crippen molar-refractivity contribution in [2.24, 2.45) is 11.7 Å². The lowest BCUT2D eigenvalue weighted by atomic mass is 10.0. The Labute approximate surface area is 200 Å². The van der Waals surface area contributed by atoms with Crippen LogP contribution in [0.2, 0.25) is 25.7 Å². The first-order valence-electron chi connectivity index (χ1n) is 12.0. The molecule has 0 radical (unpaired) electrons. The van der Waals surface area contributed by atoms with E-state index < -0.39 is 24.1 Å². The van der Waals surface area contributed by atoms with Crippen LogP contribution in [0.4, 0.5) is 0 Å². The van der Waals surface area contributed by atoms with Crippen LogP contribution < -0.4 is 5.73 Å². The molecule has 1 fully saturated rings. The summed E-state index contributed by atoms with van der Waals surface area (Å²) in [4.78, 5) is 17.2. The second kappa shape index (κ2) is 10.3. The van der Waals surface area contributed by atoms with Crippen molar-refractivity contribution < 1.29 is 13.2 Å².